The third kappa shape index (κ3) is 3.18. The minimum absolute atomic E-state index is 0.0377. The molecule has 1 rings (SSSR count). The molecule has 0 aliphatic rings. The quantitative estimate of drug-likeness (QED) is 0.609. The Kier molecular flexibility index (Phi) is 3.57. The number of benzene rings is 1. The lowest BCUT2D eigenvalue weighted by atomic mass is 10.1. The first kappa shape index (κ1) is 11.4. The van der Waals surface area contributed by atoms with Crippen molar-refractivity contribution >= 4 is 11.8 Å². The predicted octanol–water partition coefficient (Wildman–Crippen LogP) is 2.35. The lowest BCUT2D eigenvalue weighted by Crippen LogP contribution is -2.15. The maximum absolute atomic E-state index is 10.5. The molecule has 1 atom stereocenters. The highest BCUT2D eigenvalue weighted by atomic mass is 16.6. The zero-order valence-electron chi connectivity index (χ0n) is 8.81. The summed E-state index contributed by atoms with van der Waals surface area (Å²) in [5.41, 5.74) is 7.58. The average molecular weight is 206 g/mol. The van der Waals surface area contributed by atoms with E-state index in [1.165, 1.54) is 12.1 Å². The molecule has 1 aromatic rings. The molecule has 0 aliphatic heterocycles. The Morgan fingerprint density at radius 3 is 2.80 bits per heavy atom. The molecule has 15 heavy (non-hydrogen) atoms. The van der Waals surface area contributed by atoms with Gasteiger partial charge in [0.1, 0.15) is 0 Å². The van der Waals surface area contributed by atoms with Gasteiger partial charge in [-0.1, -0.05) is 23.8 Å². The lowest BCUT2D eigenvalue weighted by molar-refractivity contribution is -0.384. The van der Waals surface area contributed by atoms with Gasteiger partial charge < -0.3 is 5.73 Å². The summed E-state index contributed by atoms with van der Waals surface area (Å²) in [5, 5.41) is 10.5. The predicted molar refractivity (Wildman–Crippen MR) is 60.4 cm³/mol. The zero-order valence-corrected chi connectivity index (χ0v) is 8.81. The van der Waals surface area contributed by atoms with Gasteiger partial charge in [-0.2, -0.15) is 0 Å². The van der Waals surface area contributed by atoms with E-state index in [4.69, 9.17) is 5.73 Å². The van der Waals surface area contributed by atoms with Crippen molar-refractivity contribution in [3.05, 3.63) is 45.5 Å². The topological polar surface area (TPSA) is 69.2 Å². The highest BCUT2D eigenvalue weighted by molar-refractivity contribution is 5.56. The molecule has 0 saturated carbocycles. The van der Waals surface area contributed by atoms with Gasteiger partial charge in [0.2, 0.25) is 0 Å². The van der Waals surface area contributed by atoms with E-state index in [1.54, 1.807) is 6.07 Å². The van der Waals surface area contributed by atoms with Crippen LogP contribution in [0.5, 0.6) is 0 Å². The van der Waals surface area contributed by atoms with Crippen molar-refractivity contribution in [2.75, 3.05) is 0 Å². The van der Waals surface area contributed by atoms with E-state index in [9.17, 15) is 10.1 Å². The number of hydrogen-bond acceptors (Lipinski definition) is 3. The largest absolute Gasteiger partial charge is 0.324 e. The van der Waals surface area contributed by atoms with Gasteiger partial charge in [-0.15, -0.1) is 0 Å². The molecule has 0 radical (unpaired) electrons. The van der Waals surface area contributed by atoms with Gasteiger partial charge in [-0.3, -0.25) is 10.1 Å². The molecule has 0 saturated heterocycles. The maximum Gasteiger partial charge on any atom is 0.270 e. The zero-order chi connectivity index (χ0) is 11.4. The van der Waals surface area contributed by atoms with E-state index in [-0.39, 0.29) is 11.7 Å². The lowest BCUT2D eigenvalue weighted by Gasteiger charge is -2.04. The number of nitrogens with zero attached hydrogens (tertiary/aromatic N) is 1. The monoisotopic (exact) mass is 206 g/mol. The number of nitro benzene ring substituents is 1. The third-order valence-corrected chi connectivity index (χ3v) is 2.19. The molecular formula is C11H14N2O2. The summed E-state index contributed by atoms with van der Waals surface area (Å²) in [5.74, 6) is 0. The van der Waals surface area contributed by atoms with Crippen LogP contribution in [0.1, 0.15) is 19.4 Å². The fourth-order valence-electron chi connectivity index (χ4n) is 1.12. The number of hydrogen-bond donors (Lipinski definition) is 1. The van der Waals surface area contributed by atoms with Gasteiger partial charge in [0.25, 0.3) is 5.69 Å². The normalized spacial score (nSPS) is 13.7. The second-order valence-electron chi connectivity index (χ2n) is 3.53. The molecular weight excluding hydrogens is 192 g/mol. The fraction of sp³-hybridized carbons (Fsp3) is 0.273. The van der Waals surface area contributed by atoms with E-state index in [0.717, 1.165) is 11.1 Å². The number of nitrogens with two attached hydrogens (primary N) is 1. The van der Waals surface area contributed by atoms with E-state index in [2.05, 4.69) is 0 Å². The van der Waals surface area contributed by atoms with Crippen molar-refractivity contribution in [2.24, 2.45) is 5.73 Å². The van der Waals surface area contributed by atoms with Gasteiger partial charge in [-0.05, 0) is 19.4 Å². The van der Waals surface area contributed by atoms with Crippen LogP contribution in [0.2, 0.25) is 0 Å². The van der Waals surface area contributed by atoms with Gasteiger partial charge in [0, 0.05) is 18.2 Å². The van der Waals surface area contributed by atoms with Crippen molar-refractivity contribution in [1.82, 2.24) is 0 Å². The molecule has 1 unspecified atom stereocenters. The van der Waals surface area contributed by atoms with Crippen molar-refractivity contribution in [3.8, 4) is 0 Å². The third-order valence-electron chi connectivity index (χ3n) is 2.19. The van der Waals surface area contributed by atoms with Crippen LogP contribution >= 0.6 is 0 Å². The van der Waals surface area contributed by atoms with Crippen LogP contribution in [-0.2, 0) is 0 Å². The van der Waals surface area contributed by atoms with Crippen molar-refractivity contribution in [2.45, 2.75) is 19.9 Å². The highest BCUT2D eigenvalue weighted by Crippen LogP contribution is 2.16. The Hall–Kier alpha value is -1.68. The Morgan fingerprint density at radius 2 is 2.27 bits per heavy atom. The minimum atomic E-state index is -0.404. The van der Waals surface area contributed by atoms with Crippen LogP contribution in [0, 0.1) is 10.1 Å². The summed E-state index contributed by atoms with van der Waals surface area (Å²) in [7, 11) is 0. The van der Waals surface area contributed by atoms with Crippen molar-refractivity contribution in [1.29, 1.82) is 0 Å². The molecule has 4 nitrogen and oxygen atoms in total. The van der Waals surface area contributed by atoms with E-state index in [1.807, 2.05) is 26.0 Å². The molecule has 0 fully saturated rings. The van der Waals surface area contributed by atoms with Crippen molar-refractivity contribution < 1.29 is 4.92 Å². The molecule has 0 bridgehead atoms. The summed E-state index contributed by atoms with van der Waals surface area (Å²) in [6.45, 7) is 3.78. The summed E-state index contributed by atoms with van der Waals surface area (Å²) in [4.78, 5) is 10.1. The van der Waals surface area contributed by atoms with Crippen LogP contribution in [0.4, 0.5) is 5.69 Å². The smallest absolute Gasteiger partial charge is 0.270 e. The van der Waals surface area contributed by atoms with Gasteiger partial charge in [-0.25, -0.2) is 0 Å². The molecule has 80 valence electrons. The highest BCUT2D eigenvalue weighted by Gasteiger charge is 2.04. The average Bonchev–Trinajstić information content (AvgIpc) is 2.18. The van der Waals surface area contributed by atoms with Crippen LogP contribution in [0.15, 0.2) is 29.8 Å². The Morgan fingerprint density at radius 1 is 1.60 bits per heavy atom. The van der Waals surface area contributed by atoms with E-state index < -0.39 is 4.92 Å². The van der Waals surface area contributed by atoms with Crippen LogP contribution in [-0.4, -0.2) is 11.0 Å². The molecule has 0 spiro atoms. The van der Waals surface area contributed by atoms with Crippen molar-refractivity contribution in [3.63, 3.8) is 0 Å². The molecule has 4 heteroatoms. The van der Waals surface area contributed by atoms with Gasteiger partial charge >= 0.3 is 0 Å². The second kappa shape index (κ2) is 4.70. The molecule has 0 amide bonds. The van der Waals surface area contributed by atoms with Crippen LogP contribution < -0.4 is 5.73 Å². The summed E-state index contributed by atoms with van der Waals surface area (Å²) < 4.78 is 0. The number of non-ortho nitro benzene ring substituents is 1. The standard InChI is InChI=1S/C11H14N2O2/c1-8(9(2)12)6-10-4-3-5-11(7-10)13(14)15/h3-7,9H,12H2,1-2H3/b8-6+. The Bertz CT molecular complexity index is 397. The Labute approximate surface area is 88.6 Å². The van der Waals surface area contributed by atoms with E-state index in [0.29, 0.717) is 0 Å². The van der Waals surface area contributed by atoms with Gasteiger partial charge in [0.05, 0.1) is 4.92 Å². The number of rotatable bonds is 3. The first-order valence-corrected chi connectivity index (χ1v) is 4.69. The first-order chi connectivity index (χ1) is 7.00. The first-order valence-electron chi connectivity index (χ1n) is 4.69. The summed E-state index contributed by atoms with van der Waals surface area (Å²) >= 11 is 0. The fourth-order valence-corrected chi connectivity index (χ4v) is 1.12. The van der Waals surface area contributed by atoms with E-state index >= 15 is 0 Å². The SMILES string of the molecule is C/C(=C\c1cccc([N+](=O)[O-])c1)C(C)N. The molecule has 0 aromatic heterocycles. The molecule has 0 heterocycles. The second-order valence-corrected chi connectivity index (χ2v) is 3.53. The number of nitro groups is 1. The molecule has 0 aliphatic carbocycles. The van der Waals surface area contributed by atoms with Crippen LogP contribution in [0.3, 0.4) is 0 Å². The molecule has 2 N–H and O–H groups in total. The summed E-state index contributed by atoms with van der Waals surface area (Å²) in [6.07, 6.45) is 1.86. The van der Waals surface area contributed by atoms with Gasteiger partial charge in [0.15, 0.2) is 0 Å². The minimum Gasteiger partial charge on any atom is -0.324 e. The van der Waals surface area contributed by atoms with Crippen LogP contribution in [0.25, 0.3) is 6.08 Å². The summed E-state index contributed by atoms with van der Waals surface area (Å²) in [6, 6.07) is 6.45. The Balaban J connectivity index is 3.01. The maximum atomic E-state index is 10.5. The molecule has 1 aromatic carbocycles.